The first kappa shape index (κ1) is 16.4. The highest BCUT2D eigenvalue weighted by atomic mass is 16.5. The Kier molecular flexibility index (Phi) is 8.61. The second-order valence-corrected chi connectivity index (χ2v) is 3.88. The Balaban J connectivity index is 4.19. The lowest BCUT2D eigenvalue weighted by atomic mass is 9.94. The first-order chi connectivity index (χ1) is 8.53. The number of rotatable bonds is 8. The zero-order valence-corrected chi connectivity index (χ0v) is 11.1. The highest BCUT2D eigenvalue weighted by Crippen LogP contribution is 2.19. The minimum Gasteiger partial charge on any atom is -0.469 e. The van der Waals surface area contributed by atoms with E-state index < -0.39 is 0 Å². The number of carbonyl (C=O) groups excluding carboxylic acids is 3. The van der Waals surface area contributed by atoms with Crippen LogP contribution in [0.2, 0.25) is 0 Å². The Morgan fingerprint density at radius 2 is 1.17 bits per heavy atom. The number of esters is 3. The third-order valence-corrected chi connectivity index (χ3v) is 2.65. The number of ether oxygens (including phenoxy) is 3. The van der Waals surface area contributed by atoms with Crippen molar-refractivity contribution < 1.29 is 28.6 Å². The molecule has 0 aliphatic carbocycles. The van der Waals surface area contributed by atoms with E-state index >= 15 is 0 Å². The van der Waals surface area contributed by atoms with Crippen LogP contribution in [-0.4, -0.2) is 39.2 Å². The molecule has 0 radical (unpaired) electrons. The van der Waals surface area contributed by atoms with E-state index in [1.807, 2.05) is 0 Å². The summed E-state index contributed by atoms with van der Waals surface area (Å²) in [6, 6.07) is 0. The van der Waals surface area contributed by atoms with E-state index in [-0.39, 0.29) is 43.1 Å². The van der Waals surface area contributed by atoms with Crippen molar-refractivity contribution in [1.82, 2.24) is 0 Å². The minimum absolute atomic E-state index is 0.0874. The van der Waals surface area contributed by atoms with Crippen LogP contribution in [0.5, 0.6) is 0 Å². The van der Waals surface area contributed by atoms with Crippen molar-refractivity contribution in [3.05, 3.63) is 0 Å². The summed E-state index contributed by atoms with van der Waals surface area (Å²) in [5.41, 5.74) is 0. The third kappa shape index (κ3) is 7.65. The monoisotopic (exact) mass is 260 g/mol. The van der Waals surface area contributed by atoms with Crippen molar-refractivity contribution in [2.24, 2.45) is 5.92 Å². The number of methoxy groups -OCH3 is 3. The van der Waals surface area contributed by atoms with E-state index in [1.165, 1.54) is 21.3 Å². The fraction of sp³-hybridized carbons (Fsp3) is 0.750. The second-order valence-electron chi connectivity index (χ2n) is 3.88. The quantitative estimate of drug-likeness (QED) is 0.480. The molecule has 0 rings (SSSR count). The van der Waals surface area contributed by atoms with Crippen molar-refractivity contribution in [2.45, 2.75) is 32.1 Å². The molecule has 0 unspecified atom stereocenters. The molecule has 0 fully saturated rings. The van der Waals surface area contributed by atoms with Crippen LogP contribution in [0.4, 0.5) is 0 Å². The Morgan fingerprint density at radius 3 is 1.50 bits per heavy atom. The van der Waals surface area contributed by atoms with Crippen molar-refractivity contribution in [3.8, 4) is 0 Å². The fourth-order valence-electron chi connectivity index (χ4n) is 1.52. The summed E-state index contributed by atoms with van der Waals surface area (Å²) in [6.07, 6.45) is 1.60. The van der Waals surface area contributed by atoms with Gasteiger partial charge in [0.25, 0.3) is 0 Å². The van der Waals surface area contributed by atoms with Crippen LogP contribution in [0.3, 0.4) is 0 Å². The van der Waals surface area contributed by atoms with Crippen LogP contribution in [0, 0.1) is 5.92 Å². The molecule has 0 atom stereocenters. The van der Waals surface area contributed by atoms with Crippen LogP contribution < -0.4 is 0 Å². The molecule has 0 bridgehead atoms. The van der Waals surface area contributed by atoms with E-state index in [1.54, 1.807) is 0 Å². The average Bonchev–Trinajstić information content (AvgIpc) is 2.40. The maximum Gasteiger partial charge on any atom is 0.305 e. The molecular formula is C12H20O6. The van der Waals surface area contributed by atoms with Crippen molar-refractivity contribution in [1.29, 1.82) is 0 Å². The number of hydrogen-bond donors (Lipinski definition) is 0. The lowest BCUT2D eigenvalue weighted by Gasteiger charge is -2.14. The van der Waals surface area contributed by atoms with Gasteiger partial charge >= 0.3 is 17.9 Å². The zero-order chi connectivity index (χ0) is 14.0. The van der Waals surface area contributed by atoms with Gasteiger partial charge in [0.05, 0.1) is 21.3 Å². The molecule has 6 heteroatoms. The first-order valence-electron chi connectivity index (χ1n) is 5.73. The Morgan fingerprint density at radius 1 is 0.778 bits per heavy atom. The molecule has 0 aromatic heterocycles. The van der Waals surface area contributed by atoms with Gasteiger partial charge in [-0.2, -0.15) is 0 Å². The van der Waals surface area contributed by atoms with Gasteiger partial charge in [-0.3, -0.25) is 14.4 Å². The predicted molar refractivity (Wildman–Crippen MR) is 62.6 cm³/mol. The molecule has 104 valence electrons. The molecule has 0 N–H and O–H groups in total. The average molecular weight is 260 g/mol. The highest BCUT2D eigenvalue weighted by molar-refractivity contribution is 5.71. The molecule has 0 saturated heterocycles. The largest absolute Gasteiger partial charge is 0.469 e. The Bertz CT molecular complexity index is 266. The maximum absolute atomic E-state index is 11.2. The van der Waals surface area contributed by atoms with Gasteiger partial charge in [0.15, 0.2) is 0 Å². The molecule has 0 aliphatic heterocycles. The van der Waals surface area contributed by atoms with Gasteiger partial charge < -0.3 is 14.2 Å². The summed E-state index contributed by atoms with van der Waals surface area (Å²) in [7, 11) is 3.93. The minimum atomic E-state index is -0.352. The van der Waals surface area contributed by atoms with Gasteiger partial charge in [0.2, 0.25) is 0 Å². The van der Waals surface area contributed by atoms with E-state index in [2.05, 4.69) is 14.2 Å². The van der Waals surface area contributed by atoms with Crippen LogP contribution >= 0.6 is 0 Å². The molecule has 0 aromatic carbocycles. The van der Waals surface area contributed by atoms with Gasteiger partial charge in [-0.1, -0.05) is 0 Å². The smallest absolute Gasteiger partial charge is 0.305 e. The highest BCUT2D eigenvalue weighted by Gasteiger charge is 2.17. The van der Waals surface area contributed by atoms with Crippen molar-refractivity contribution in [2.75, 3.05) is 21.3 Å². The van der Waals surface area contributed by atoms with Crippen LogP contribution in [0.1, 0.15) is 32.1 Å². The fourth-order valence-corrected chi connectivity index (χ4v) is 1.52. The van der Waals surface area contributed by atoms with E-state index in [4.69, 9.17) is 0 Å². The summed E-state index contributed by atoms with van der Waals surface area (Å²) in [5.74, 6) is -1.10. The van der Waals surface area contributed by atoms with E-state index in [0.29, 0.717) is 12.8 Å². The van der Waals surface area contributed by atoms with Gasteiger partial charge in [-0.15, -0.1) is 0 Å². The van der Waals surface area contributed by atoms with Gasteiger partial charge in [-0.05, 0) is 18.8 Å². The topological polar surface area (TPSA) is 78.9 Å². The van der Waals surface area contributed by atoms with Crippen LogP contribution in [0.25, 0.3) is 0 Å². The Hall–Kier alpha value is -1.59. The number of carbonyl (C=O) groups is 3. The molecule has 0 saturated carbocycles. The predicted octanol–water partition coefficient (Wildman–Crippen LogP) is 1.07. The van der Waals surface area contributed by atoms with Crippen LogP contribution in [-0.2, 0) is 28.6 Å². The van der Waals surface area contributed by atoms with Crippen molar-refractivity contribution >= 4 is 17.9 Å². The lowest BCUT2D eigenvalue weighted by molar-refractivity contribution is -0.145. The lowest BCUT2D eigenvalue weighted by Crippen LogP contribution is -2.14. The van der Waals surface area contributed by atoms with Gasteiger partial charge in [-0.25, -0.2) is 0 Å². The molecule has 0 aliphatic rings. The van der Waals surface area contributed by atoms with Gasteiger partial charge in [0, 0.05) is 19.3 Å². The summed E-state index contributed by atoms with van der Waals surface area (Å²) < 4.78 is 13.6. The summed E-state index contributed by atoms with van der Waals surface area (Å²) >= 11 is 0. The molecule has 0 heterocycles. The van der Waals surface area contributed by atoms with E-state index in [0.717, 1.165) is 0 Å². The van der Waals surface area contributed by atoms with Crippen LogP contribution in [0.15, 0.2) is 0 Å². The normalized spacial score (nSPS) is 10.0. The number of hydrogen-bond acceptors (Lipinski definition) is 6. The summed E-state index contributed by atoms with van der Waals surface area (Å²) in [4.78, 5) is 33.3. The Labute approximate surface area is 107 Å². The SMILES string of the molecule is COC(=O)CCC(CCC(=O)OC)CC(=O)OC. The first-order valence-corrected chi connectivity index (χ1v) is 5.73. The molecule has 18 heavy (non-hydrogen) atoms. The zero-order valence-electron chi connectivity index (χ0n) is 11.1. The molecular weight excluding hydrogens is 240 g/mol. The summed E-state index contributed by atoms with van der Waals surface area (Å²) in [5, 5.41) is 0. The standard InChI is InChI=1S/C12H20O6/c1-16-10(13)6-4-9(8-12(15)18-3)5-7-11(14)17-2/h9H,4-8H2,1-3H3. The van der Waals surface area contributed by atoms with E-state index in [9.17, 15) is 14.4 Å². The molecule has 6 nitrogen and oxygen atoms in total. The molecule has 0 spiro atoms. The van der Waals surface area contributed by atoms with Gasteiger partial charge in [0.1, 0.15) is 0 Å². The summed E-state index contributed by atoms with van der Waals surface area (Å²) in [6.45, 7) is 0. The second kappa shape index (κ2) is 9.44. The molecule has 0 aromatic rings. The maximum atomic E-state index is 11.2. The van der Waals surface area contributed by atoms with Crippen molar-refractivity contribution in [3.63, 3.8) is 0 Å². The molecule has 0 amide bonds. The third-order valence-electron chi connectivity index (χ3n) is 2.65.